The van der Waals surface area contributed by atoms with Gasteiger partial charge in [-0.15, -0.1) is 0 Å². The summed E-state index contributed by atoms with van der Waals surface area (Å²) in [6.07, 6.45) is 2.60. The Labute approximate surface area is 92.1 Å². The lowest BCUT2D eigenvalue weighted by Crippen LogP contribution is -2.40. The largest absolute Gasteiger partial charge is 0.399 e. The van der Waals surface area contributed by atoms with Crippen molar-refractivity contribution in [3.63, 3.8) is 0 Å². The highest BCUT2D eigenvalue weighted by Gasteiger charge is 2.22. The molecule has 2 rings (SSSR count). The molecule has 0 aliphatic carbocycles. The first-order valence-electron chi connectivity index (χ1n) is 5.79. The maximum absolute atomic E-state index is 5.69. The van der Waals surface area contributed by atoms with E-state index in [0.717, 1.165) is 11.6 Å². The first kappa shape index (κ1) is 10.3. The highest BCUT2D eigenvalue weighted by atomic mass is 15.2. The number of piperidine rings is 1. The van der Waals surface area contributed by atoms with Gasteiger partial charge in [-0.2, -0.15) is 0 Å². The van der Waals surface area contributed by atoms with Crippen LogP contribution in [-0.4, -0.2) is 12.6 Å². The van der Waals surface area contributed by atoms with Crippen LogP contribution in [0.4, 0.5) is 11.4 Å². The Morgan fingerprint density at radius 1 is 1.20 bits per heavy atom. The van der Waals surface area contributed by atoms with Gasteiger partial charge in [0.15, 0.2) is 0 Å². The number of hydrogen-bond donors (Lipinski definition) is 1. The van der Waals surface area contributed by atoms with Crippen molar-refractivity contribution >= 4 is 11.4 Å². The Balaban J connectivity index is 2.13. The monoisotopic (exact) mass is 204 g/mol. The third-order valence-corrected chi connectivity index (χ3v) is 3.36. The molecule has 0 saturated carbocycles. The SMILES string of the molecule is CC1CCN(c2ccc(N)cc2)C(C)C1. The maximum atomic E-state index is 5.69. The molecule has 1 fully saturated rings. The van der Waals surface area contributed by atoms with E-state index in [-0.39, 0.29) is 0 Å². The number of nitrogens with zero attached hydrogens (tertiary/aromatic N) is 1. The minimum absolute atomic E-state index is 0.650. The third-order valence-electron chi connectivity index (χ3n) is 3.36. The molecule has 2 atom stereocenters. The molecule has 0 spiro atoms. The molecule has 2 unspecified atom stereocenters. The summed E-state index contributed by atoms with van der Waals surface area (Å²) in [4.78, 5) is 2.49. The van der Waals surface area contributed by atoms with E-state index in [0.29, 0.717) is 6.04 Å². The zero-order valence-corrected chi connectivity index (χ0v) is 9.61. The van der Waals surface area contributed by atoms with E-state index in [1.165, 1.54) is 25.1 Å². The smallest absolute Gasteiger partial charge is 0.0370 e. The Bertz CT molecular complexity index is 318. The van der Waals surface area contributed by atoms with E-state index in [1.54, 1.807) is 0 Å². The zero-order valence-electron chi connectivity index (χ0n) is 9.61. The fraction of sp³-hybridized carbons (Fsp3) is 0.538. The van der Waals surface area contributed by atoms with Crippen LogP contribution in [-0.2, 0) is 0 Å². The summed E-state index contributed by atoms with van der Waals surface area (Å²) in [5.74, 6) is 0.866. The van der Waals surface area contributed by atoms with Crippen LogP contribution in [0.2, 0.25) is 0 Å². The van der Waals surface area contributed by atoms with Gasteiger partial charge < -0.3 is 10.6 Å². The van der Waals surface area contributed by atoms with Crippen LogP contribution in [0.3, 0.4) is 0 Å². The van der Waals surface area contributed by atoms with Crippen LogP contribution in [0.5, 0.6) is 0 Å². The molecule has 1 aliphatic heterocycles. The second-order valence-electron chi connectivity index (χ2n) is 4.76. The van der Waals surface area contributed by atoms with Crippen LogP contribution in [0.1, 0.15) is 26.7 Å². The fourth-order valence-electron chi connectivity index (χ4n) is 2.46. The lowest BCUT2D eigenvalue weighted by atomic mass is 9.93. The maximum Gasteiger partial charge on any atom is 0.0370 e. The minimum atomic E-state index is 0.650. The first-order chi connectivity index (χ1) is 7.16. The molecule has 1 heterocycles. The number of hydrogen-bond acceptors (Lipinski definition) is 2. The van der Waals surface area contributed by atoms with Crippen molar-refractivity contribution in [1.29, 1.82) is 0 Å². The second-order valence-corrected chi connectivity index (χ2v) is 4.76. The molecule has 0 aromatic heterocycles. The standard InChI is InChI=1S/C13H20N2/c1-10-7-8-15(11(2)9-10)13-5-3-12(14)4-6-13/h3-6,10-11H,7-9,14H2,1-2H3. The van der Waals surface area contributed by atoms with E-state index in [9.17, 15) is 0 Å². The van der Waals surface area contributed by atoms with E-state index >= 15 is 0 Å². The Kier molecular flexibility index (Phi) is 2.85. The van der Waals surface area contributed by atoms with Crippen molar-refractivity contribution in [2.24, 2.45) is 5.92 Å². The van der Waals surface area contributed by atoms with Gasteiger partial charge in [-0.25, -0.2) is 0 Å². The summed E-state index contributed by atoms with van der Waals surface area (Å²) >= 11 is 0. The van der Waals surface area contributed by atoms with Crippen LogP contribution in [0, 0.1) is 5.92 Å². The number of anilines is 2. The van der Waals surface area contributed by atoms with Crippen molar-refractivity contribution in [2.75, 3.05) is 17.2 Å². The summed E-state index contributed by atoms with van der Waals surface area (Å²) in [6, 6.07) is 8.88. The van der Waals surface area contributed by atoms with Gasteiger partial charge in [0.25, 0.3) is 0 Å². The molecule has 15 heavy (non-hydrogen) atoms. The number of nitrogens with two attached hydrogens (primary N) is 1. The van der Waals surface area contributed by atoms with Crippen LogP contribution in [0.15, 0.2) is 24.3 Å². The third kappa shape index (κ3) is 2.25. The number of rotatable bonds is 1. The van der Waals surface area contributed by atoms with Gasteiger partial charge in [0.2, 0.25) is 0 Å². The van der Waals surface area contributed by atoms with Crippen molar-refractivity contribution in [2.45, 2.75) is 32.7 Å². The van der Waals surface area contributed by atoms with Gasteiger partial charge >= 0.3 is 0 Å². The molecule has 0 amide bonds. The molecule has 0 bridgehead atoms. The lowest BCUT2D eigenvalue weighted by Gasteiger charge is -2.38. The second kappa shape index (κ2) is 4.13. The number of benzene rings is 1. The molecule has 1 aromatic carbocycles. The summed E-state index contributed by atoms with van der Waals surface area (Å²) in [5, 5.41) is 0. The minimum Gasteiger partial charge on any atom is -0.399 e. The molecular weight excluding hydrogens is 184 g/mol. The molecule has 82 valence electrons. The summed E-state index contributed by atoms with van der Waals surface area (Å²) in [7, 11) is 0. The highest BCUT2D eigenvalue weighted by molar-refractivity contribution is 5.53. The Morgan fingerprint density at radius 2 is 1.87 bits per heavy atom. The van der Waals surface area contributed by atoms with Gasteiger partial charge in [0.05, 0.1) is 0 Å². The fourth-order valence-corrected chi connectivity index (χ4v) is 2.46. The van der Waals surface area contributed by atoms with Gasteiger partial charge in [-0.05, 0) is 49.9 Å². The summed E-state index contributed by atoms with van der Waals surface area (Å²) < 4.78 is 0. The molecule has 1 aromatic rings. The van der Waals surface area contributed by atoms with Crippen LogP contribution < -0.4 is 10.6 Å². The predicted molar refractivity (Wildman–Crippen MR) is 66.1 cm³/mol. The van der Waals surface area contributed by atoms with E-state index in [4.69, 9.17) is 5.73 Å². The molecule has 0 radical (unpaired) electrons. The van der Waals surface area contributed by atoms with Gasteiger partial charge in [-0.3, -0.25) is 0 Å². The van der Waals surface area contributed by atoms with Gasteiger partial charge in [0.1, 0.15) is 0 Å². The zero-order chi connectivity index (χ0) is 10.8. The van der Waals surface area contributed by atoms with E-state index in [2.05, 4.69) is 30.9 Å². The quantitative estimate of drug-likeness (QED) is 0.713. The molecule has 2 nitrogen and oxygen atoms in total. The molecule has 2 heteroatoms. The van der Waals surface area contributed by atoms with Crippen LogP contribution >= 0.6 is 0 Å². The van der Waals surface area contributed by atoms with Crippen molar-refractivity contribution < 1.29 is 0 Å². The summed E-state index contributed by atoms with van der Waals surface area (Å²) in [5.41, 5.74) is 7.85. The molecule has 1 aliphatic rings. The average Bonchev–Trinajstić information content (AvgIpc) is 2.20. The normalized spacial score (nSPS) is 26.7. The van der Waals surface area contributed by atoms with Gasteiger partial charge in [-0.1, -0.05) is 6.92 Å². The Hall–Kier alpha value is -1.18. The number of nitrogen functional groups attached to an aromatic ring is 1. The predicted octanol–water partition coefficient (Wildman–Crippen LogP) is 2.89. The molecule has 1 saturated heterocycles. The topological polar surface area (TPSA) is 29.3 Å². The van der Waals surface area contributed by atoms with Gasteiger partial charge in [0, 0.05) is 24.0 Å². The van der Waals surface area contributed by atoms with E-state index < -0.39 is 0 Å². The molecule has 2 N–H and O–H groups in total. The van der Waals surface area contributed by atoms with Crippen LogP contribution in [0.25, 0.3) is 0 Å². The van der Waals surface area contributed by atoms with E-state index in [1.807, 2.05) is 12.1 Å². The lowest BCUT2D eigenvalue weighted by molar-refractivity contribution is 0.378. The van der Waals surface area contributed by atoms with Crippen molar-refractivity contribution in [3.8, 4) is 0 Å². The van der Waals surface area contributed by atoms with Crippen molar-refractivity contribution in [1.82, 2.24) is 0 Å². The molecular formula is C13H20N2. The average molecular weight is 204 g/mol. The van der Waals surface area contributed by atoms with Crippen molar-refractivity contribution in [3.05, 3.63) is 24.3 Å². The Morgan fingerprint density at radius 3 is 2.47 bits per heavy atom. The first-order valence-corrected chi connectivity index (χ1v) is 5.79. The summed E-state index contributed by atoms with van der Waals surface area (Å²) in [6.45, 7) is 5.83. The highest BCUT2D eigenvalue weighted by Crippen LogP contribution is 2.27.